The van der Waals surface area contributed by atoms with Crippen LogP contribution in [0.3, 0.4) is 0 Å². The van der Waals surface area contributed by atoms with Crippen molar-refractivity contribution in [2.24, 2.45) is 0 Å². The average Bonchev–Trinajstić information content (AvgIpc) is 2.47. The quantitative estimate of drug-likeness (QED) is 0.662. The van der Waals surface area contributed by atoms with Crippen molar-refractivity contribution < 1.29 is 0 Å². The number of hydrogen-bond acceptors (Lipinski definition) is 2. The summed E-state index contributed by atoms with van der Waals surface area (Å²) in [6.45, 7) is 8.63. The Kier molecular flexibility index (Phi) is 3.05. The summed E-state index contributed by atoms with van der Waals surface area (Å²) in [5, 5.41) is 10.1. The summed E-state index contributed by atoms with van der Waals surface area (Å²) in [5.41, 5.74) is 2.34. The minimum Gasteiger partial charge on any atom is -0.307 e. The van der Waals surface area contributed by atoms with Crippen molar-refractivity contribution in [2.45, 2.75) is 26.4 Å². The zero-order chi connectivity index (χ0) is 8.97. The molecule has 1 rings (SSSR count). The number of rotatable bonds is 4. The van der Waals surface area contributed by atoms with Crippen molar-refractivity contribution in [1.82, 2.24) is 15.5 Å². The number of aromatic amines is 1. The van der Waals surface area contributed by atoms with Gasteiger partial charge in [0.25, 0.3) is 0 Å². The van der Waals surface area contributed by atoms with Crippen LogP contribution in [0.5, 0.6) is 0 Å². The zero-order valence-corrected chi connectivity index (χ0v) is 7.59. The molecule has 3 nitrogen and oxygen atoms in total. The maximum atomic E-state index is 3.93. The van der Waals surface area contributed by atoms with Crippen LogP contribution in [0.15, 0.2) is 18.9 Å². The number of H-pyrrole nitrogens is 1. The molecular weight excluding hydrogens is 150 g/mol. The van der Waals surface area contributed by atoms with Gasteiger partial charge in [0.15, 0.2) is 0 Å². The molecule has 1 unspecified atom stereocenters. The van der Waals surface area contributed by atoms with Crippen LogP contribution in [0.4, 0.5) is 0 Å². The summed E-state index contributed by atoms with van der Waals surface area (Å²) in [6.07, 6.45) is 3.73. The molecule has 0 amide bonds. The number of nitrogens with zero attached hydrogens (tertiary/aromatic N) is 1. The molecular formula is C9H15N3. The van der Waals surface area contributed by atoms with Crippen LogP contribution < -0.4 is 5.32 Å². The van der Waals surface area contributed by atoms with Gasteiger partial charge in [0, 0.05) is 23.8 Å². The monoisotopic (exact) mass is 165 g/mol. The van der Waals surface area contributed by atoms with Crippen LogP contribution in [0.2, 0.25) is 0 Å². The highest BCUT2D eigenvalue weighted by molar-refractivity contribution is 5.14. The molecule has 0 radical (unpaired) electrons. The summed E-state index contributed by atoms with van der Waals surface area (Å²) < 4.78 is 0. The molecule has 0 bridgehead atoms. The molecule has 0 saturated carbocycles. The van der Waals surface area contributed by atoms with E-state index in [-0.39, 0.29) is 0 Å². The van der Waals surface area contributed by atoms with Crippen molar-refractivity contribution in [1.29, 1.82) is 0 Å². The molecule has 0 aliphatic rings. The molecule has 1 atom stereocenters. The fourth-order valence-corrected chi connectivity index (χ4v) is 0.908. The lowest BCUT2D eigenvalue weighted by Crippen LogP contribution is -2.22. The molecule has 0 saturated heterocycles. The summed E-state index contributed by atoms with van der Waals surface area (Å²) >= 11 is 0. The molecule has 0 aromatic carbocycles. The Morgan fingerprint density at radius 3 is 3.08 bits per heavy atom. The van der Waals surface area contributed by atoms with Gasteiger partial charge in [-0.1, -0.05) is 6.08 Å². The van der Waals surface area contributed by atoms with Gasteiger partial charge < -0.3 is 5.32 Å². The molecule has 66 valence electrons. The highest BCUT2D eigenvalue weighted by atomic mass is 15.1. The van der Waals surface area contributed by atoms with Crippen LogP contribution in [-0.4, -0.2) is 16.2 Å². The molecule has 0 aliphatic heterocycles. The third-order valence-electron chi connectivity index (χ3n) is 1.90. The lowest BCUT2D eigenvalue weighted by Gasteiger charge is -2.07. The highest BCUT2D eigenvalue weighted by Crippen LogP contribution is 2.01. The smallest absolute Gasteiger partial charge is 0.0535 e. The molecule has 1 aromatic rings. The minimum atomic E-state index is 0.347. The lowest BCUT2D eigenvalue weighted by atomic mass is 10.2. The lowest BCUT2D eigenvalue weighted by molar-refractivity contribution is 0.632. The number of hydrogen-bond donors (Lipinski definition) is 2. The molecule has 12 heavy (non-hydrogen) atoms. The fourth-order valence-electron chi connectivity index (χ4n) is 0.908. The summed E-state index contributed by atoms with van der Waals surface area (Å²) in [6, 6.07) is 0.347. The Balaban J connectivity index is 2.43. The third-order valence-corrected chi connectivity index (χ3v) is 1.90. The largest absolute Gasteiger partial charge is 0.307 e. The van der Waals surface area contributed by atoms with E-state index in [2.05, 4.69) is 29.0 Å². The maximum Gasteiger partial charge on any atom is 0.0535 e. The van der Waals surface area contributed by atoms with Crippen molar-refractivity contribution in [3.8, 4) is 0 Å². The van der Waals surface area contributed by atoms with E-state index < -0.39 is 0 Å². The molecule has 0 fully saturated rings. The second-order valence-electron chi connectivity index (χ2n) is 2.93. The minimum absolute atomic E-state index is 0.347. The van der Waals surface area contributed by atoms with Crippen LogP contribution in [-0.2, 0) is 6.54 Å². The van der Waals surface area contributed by atoms with Gasteiger partial charge in [-0.3, -0.25) is 5.10 Å². The topological polar surface area (TPSA) is 40.7 Å². The van der Waals surface area contributed by atoms with Crippen molar-refractivity contribution in [2.75, 3.05) is 0 Å². The molecule has 0 aliphatic carbocycles. The van der Waals surface area contributed by atoms with E-state index in [1.807, 2.05) is 19.2 Å². The second-order valence-corrected chi connectivity index (χ2v) is 2.93. The highest BCUT2D eigenvalue weighted by Gasteiger charge is 2.00. The number of nitrogens with one attached hydrogen (secondary N) is 2. The number of aryl methyl sites for hydroxylation is 1. The normalized spacial score (nSPS) is 12.8. The molecule has 1 heterocycles. The van der Waals surface area contributed by atoms with E-state index in [9.17, 15) is 0 Å². The third kappa shape index (κ3) is 2.20. The van der Waals surface area contributed by atoms with Gasteiger partial charge in [-0.25, -0.2) is 0 Å². The first-order valence-electron chi connectivity index (χ1n) is 4.09. The first kappa shape index (κ1) is 9.00. The van der Waals surface area contributed by atoms with Gasteiger partial charge in [0.05, 0.1) is 6.20 Å². The van der Waals surface area contributed by atoms with E-state index in [1.165, 1.54) is 5.56 Å². The van der Waals surface area contributed by atoms with Gasteiger partial charge >= 0.3 is 0 Å². The standard InChI is InChI=1S/C9H15N3/c1-4-7(2)10-5-9-6-11-12-8(9)3/h4,6-7,10H,1,5H2,2-3H3,(H,11,12). The fraction of sp³-hybridized carbons (Fsp3) is 0.444. The molecule has 0 spiro atoms. The predicted octanol–water partition coefficient (Wildman–Crippen LogP) is 1.38. The SMILES string of the molecule is C=CC(C)NCc1cn[nH]c1C. The van der Waals surface area contributed by atoms with Crippen molar-refractivity contribution in [3.63, 3.8) is 0 Å². The van der Waals surface area contributed by atoms with E-state index in [1.54, 1.807) is 0 Å². The maximum absolute atomic E-state index is 3.93. The van der Waals surface area contributed by atoms with Crippen LogP contribution in [0, 0.1) is 6.92 Å². The molecule has 2 N–H and O–H groups in total. The Labute approximate surface area is 72.9 Å². The van der Waals surface area contributed by atoms with Crippen LogP contribution >= 0.6 is 0 Å². The second kappa shape index (κ2) is 4.07. The Morgan fingerprint density at radius 1 is 1.83 bits per heavy atom. The molecule has 3 heteroatoms. The van der Waals surface area contributed by atoms with Gasteiger partial charge in [0.2, 0.25) is 0 Å². The molecule has 1 aromatic heterocycles. The van der Waals surface area contributed by atoms with Crippen molar-refractivity contribution >= 4 is 0 Å². The zero-order valence-electron chi connectivity index (χ0n) is 7.59. The summed E-state index contributed by atoms with van der Waals surface area (Å²) in [4.78, 5) is 0. The van der Waals surface area contributed by atoms with E-state index >= 15 is 0 Å². The van der Waals surface area contributed by atoms with Crippen LogP contribution in [0.25, 0.3) is 0 Å². The first-order valence-corrected chi connectivity index (χ1v) is 4.09. The van der Waals surface area contributed by atoms with Gasteiger partial charge in [-0.2, -0.15) is 5.10 Å². The van der Waals surface area contributed by atoms with Crippen molar-refractivity contribution in [3.05, 3.63) is 30.1 Å². The average molecular weight is 165 g/mol. The summed E-state index contributed by atoms with van der Waals surface area (Å²) in [7, 11) is 0. The predicted molar refractivity (Wildman–Crippen MR) is 49.8 cm³/mol. The van der Waals surface area contributed by atoms with E-state index in [4.69, 9.17) is 0 Å². The Hall–Kier alpha value is -1.09. The Bertz CT molecular complexity index is 252. The summed E-state index contributed by atoms with van der Waals surface area (Å²) in [5.74, 6) is 0. The van der Waals surface area contributed by atoms with Gasteiger partial charge in [0.1, 0.15) is 0 Å². The van der Waals surface area contributed by atoms with E-state index in [0.29, 0.717) is 6.04 Å². The van der Waals surface area contributed by atoms with Crippen LogP contribution in [0.1, 0.15) is 18.2 Å². The number of aromatic nitrogens is 2. The Morgan fingerprint density at radius 2 is 2.58 bits per heavy atom. The van der Waals surface area contributed by atoms with E-state index in [0.717, 1.165) is 12.2 Å². The van der Waals surface area contributed by atoms with Gasteiger partial charge in [-0.05, 0) is 13.8 Å². The first-order chi connectivity index (χ1) is 5.74. The van der Waals surface area contributed by atoms with Gasteiger partial charge in [-0.15, -0.1) is 6.58 Å².